The van der Waals surface area contributed by atoms with E-state index in [9.17, 15) is 15.3 Å². The molecule has 1 fully saturated rings. The van der Waals surface area contributed by atoms with E-state index < -0.39 is 31.1 Å². The molecule has 0 saturated carbocycles. The van der Waals surface area contributed by atoms with E-state index in [1.54, 1.807) is 0 Å². The van der Waals surface area contributed by atoms with E-state index in [0.717, 1.165) is 5.57 Å². The molecule has 1 aliphatic heterocycles. The number of fused-ring (bicyclic) bond motifs is 1. The maximum atomic E-state index is 10.2. The zero-order valence-electron chi connectivity index (χ0n) is 13.6. The van der Waals surface area contributed by atoms with Crippen LogP contribution < -0.4 is 5.32 Å². The number of nitrogens with one attached hydrogen (secondary N) is 1. The van der Waals surface area contributed by atoms with Crippen LogP contribution in [0.4, 0.5) is 5.82 Å². The van der Waals surface area contributed by atoms with Crippen molar-refractivity contribution in [1.29, 1.82) is 0 Å². The van der Waals surface area contributed by atoms with Crippen LogP contribution in [0.2, 0.25) is 0 Å². The predicted octanol–water partition coefficient (Wildman–Crippen LogP) is -1.21. The summed E-state index contributed by atoms with van der Waals surface area (Å²) in [5.74, 6) is 0.498. The van der Waals surface area contributed by atoms with Gasteiger partial charge in [-0.25, -0.2) is 15.0 Å². The standard InChI is InChI=1S/C15H21N5O5/c1-8(4-21)2-3-16-13-10-14(18-6-17-13)20(7-19-10)15-12(24)11(23)9(5-22)25-15/h2,6-7,9,11-12,15,21-24H,3-5H2,1H3,(H,16,17,18)/t9-,11+,12-,15-/m1/s1. The van der Waals surface area contributed by atoms with Gasteiger partial charge >= 0.3 is 0 Å². The smallest absolute Gasteiger partial charge is 0.167 e. The first-order valence-electron chi connectivity index (χ1n) is 7.87. The summed E-state index contributed by atoms with van der Waals surface area (Å²) in [6.45, 7) is 1.85. The quantitative estimate of drug-likeness (QED) is 0.404. The van der Waals surface area contributed by atoms with Gasteiger partial charge < -0.3 is 30.5 Å². The Balaban J connectivity index is 1.86. The van der Waals surface area contributed by atoms with E-state index in [2.05, 4.69) is 20.3 Å². The van der Waals surface area contributed by atoms with Crippen LogP contribution in [0.5, 0.6) is 0 Å². The normalized spacial score (nSPS) is 27.2. The monoisotopic (exact) mass is 351 g/mol. The minimum atomic E-state index is -1.21. The molecule has 1 aliphatic rings. The molecule has 5 N–H and O–H groups in total. The molecule has 0 bridgehead atoms. The predicted molar refractivity (Wildman–Crippen MR) is 87.7 cm³/mol. The largest absolute Gasteiger partial charge is 0.394 e. The number of hydrogen-bond acceptors (Lipinski definition) is 9. The second-order valence-electron chi connectivity index (χ2n) is 5.86. The van der Waals surface area contributed by atoms with Crippen molar-refractivity contribution in [1.82, 2.24) is 19.5 Å². The summed E-state index contributed by atoms with van der Waals surface area (Å²) in [7, 11) is 0. The van der Waals surface area contributed by atoms with Crippen LogP contribution in [-0.4, -0.2) is 78.0 Å². The number of hydrogen-bond donors (Lipinski definition) is 5. The Labute approximate surface area is 143 Å². The molecule has 1 saturated heterocycles. The van der Waals surface area contributed by atoms with Crippen LogP contribution in [0.25, 0.3) is 11.2 Å². The molecule has 0 unspecified atom stereocenters. The summed E-state index contributed by atoms with van der Waals surface area (Å²) >= 11 is 0. The Morgan fingerprint density at radius 1 is 1.28 bits per heavy atom. The lowest BCUT2D eigenvalue weighted by Gasteiger charge is -2.16. The number of imidazole rings is 1. The second-order valence-corrected chi connectivity index (χ2v) is 5.86. The highest BCUT2D eigenvalue weighted by molar-refractivity contribution is 5.82. The van der Waals surface area contributed by atoms with Gasteiger partial charge in [-0.3, -0.25) is 4.57 Å². The molecule has 4 atom stereocenters. The van der Waals surface area contributed by atoms with Crippen molar-refractivity contribution in [2.24, 2.45) is 0 Å². The maximum absolute atomic E-state index is 10.2. The molecule has 0 spiro atoms. The summed E-state index contributed by atoms with van der Waals surface area (Å²) in [4.78, 5) is 12.6. The average Bonchev–Trinajstić information content (AvgIpc) is 3.17. The van der Waals surface area contributed by atoms with Crippen LogP contribution in [0.3, 0.4) is 0 Å². The second kappa shape index (κ2) is 7.42. The molecule has 136 valence electrons. The van der Waals surface area contributed by atoms with Gasteiger partial charge in [0.2, 0.25) is 0 Å². The van der Waals surface area contributed by atoms with E-state index in [4.69, 9.17) is 9.84 Å². The molecular weight excluding hydrogens is 330 g/mol. The van der Waals surface area contributed by atoms with Gasteiger partial charge in [-0.15, -0.1) is 0 Å². The van der Waals surface area contributed by atoms with Crippen LogP contribution >= 0.6 is 0 Å². The molecule has 2 aromatic heterocycles. The fourth-order valence-corrected chi connectivity index (χ4v) is 2.66. The van der Waals surface area contributed by atoms with Crippen LogP contribution in [0.1, 0.15) is 13.2 Å². The molecule has 0 aliphatic carbocycles. The summed E-state index contributed by atoms with van der Waals surface area (Å²) < 4.78 is 7.01. The first kappa shape index (κ1) is 17.7. The first-order chi connectivity index (χ1) is 12.1. The first-order valence-corrected chi connectivity index (χ1v) is 7.87. The number of aliphatic hydroxyl groups is 4. The molecule has 3 heterocycles. The van der Waals surface area contributed by atoms with E-state index >= 15 is 0 Å². The Hall–Kier alpha value is -2.11. The van der Waals surface area contributed by atoms with Gasteiger partial charge in [0.1, 0.15) is 24.6 Å². The molecule has 0 radical (unpaired) electrons. The molecule has 0 aromatic carbocycles. The summed E-state index contributed by atoms with van der Waals surface area (Å²) in [5.41, 5.74) is 1.74. The number of aliphatic hydroxyl groups excluding tert-OH is 4. The number of rotatable bonds is 6. The van der Waals surface area contributed by atoms with Gasteiger partial charge in [0.05, 0.1) is 19.5 Å². The van der Waals surface area contributed by atoms with E-state index in [1.165, 1.54) is 17.2 Å². The Kier molecular flexibility index (Phi) is 5.25. The highest BCUT2D eigenvalue weighted by Crippen LogP contribution is 2.31. The number of ether oxygens (including phenoxy) is 1. The van der Waals surface area contributed by atoms with E-state index in [-0.39, 0.29) is 6.61 Å². The van der Waals surface area contributed by atoms with E-state index in [1.807, 2.05) is 13.0 Å². The molecule has 0 amide bonds. The molecule has 3 rings (SSSR count). The van der Waals surface area contributed by atoms with Crippen LogP contribution in [0, 0.1) is 0 Å². The fraction of sp³-hybridized carbons (Fsp3) is 0.533. The van der Waals surface area contributed by atoms with Crippen LogP contribution in [0.15, 0.2) is 24.3 Å². The Morgan fingerprint density at radius 2 is 2.08 bits per heavy atom. The third-order valence-electron chi connectivity index (χ3n) is 4.12. The molecule has 10 heteroatoms. The van der Waals surface area contributed by atoms with Gasteiger partial charge in [-0.1, -0.05) is 11.6 Å². The van der Waals surface area contributed by atoms with Crippen molar-refractivity contribution >= 4 is 17.0 Å². The van der Waals surface area contributed by atoms with Gasteiger partial charge in [0, 0.05) is 6.54 Å². The average molecular weight is 351 g/mol. The zero-order chi connectivity index (χ0) is 18.0. The maximum Gasteiger partial charge on any atom is 0.167 e. The lowest BCUT2D eigenvalue weighted by molar-refractivity contribution is -0.0511. The minimum Gasteiger partial charge on any atom is -0.394 e. The van der Waals surface area contributed by atoms with Gasteiger partial charge in [0.25, 0.3) is 0 Å². The van der Waals surface area contributed by atoms with Crippen LogP contribution in [-0.2, 0) is 4.74 Å². The molecular formula is C15H21N5O5. The summed E-state index contributed by atoms with van der Waals surface area (Å²) in [6.07, 6.45) is 0.443. The number of nitrogens with zero attached hydrogens (tertiary/aromatic N) is 4. The lowest BCUT2D eigenvalue weighted by Crippen LogP contribution is -2.33. The van der Waals surface area contributed by atoms with Crippen molar-refractivity contribution < 1.29 is 25.2 Å². The third kappa shape index (κ3) is 3.34. The molecule has 10 nitrogen and oxygen atoms in total. The summed E-state index contributed by atoms with van der Waals surface area (Å²) in [5, 5.41) is 41.4. The SMILES string of the molecule is CC(=CCNc1ncnc2c1ncn2[C@@H]1O[C@H](CO)[C@H](O)[C@H]1O)CO. The minimum absolute atomic E-state index is 0.0131. The van der Waals surface area contributed by atoms with Crippen molar-refractivity contribution in [2.45, 2.75) is 31.5 Å². The van der Waals surface area contributed by atoms with Gasteiger partial charge in [-0.2, -0.15) is 0 Å². The number of aromatic nitrogens is 4. The fourth-order valence-electron chi connectivity index (χ4n) is 2.66. The van der Waals surface area contributed by atoms with E-state index in [0.29, 0.717) is 23.5 Å². The van der Waals surface area contributed by atoms with Crippen molar-refractivity contribution in [3.8, 4) is 0 Å². The van der Waals surface area contributed by atoms with Gasteiger partial charge in [-0.05, 0) is 6.92 Å². The topological polar surface area (TPSA) is 146 Å². The highest BCUT2D eigenvalue weighted by atomic mass is 16.6. The Bertz CT molecular complexity index is 764. The molecule has 25 heavy (non-hydrogen) atoms. The molecule has 2 aromatic rings. The van der Waals surface area contributed by atoms with Crippen molar-refractivity contribution in [2.75, 3.05) is 25.1 Å². The number of anilines is 1. The third-order valence-corrected chi connectivity index (χ3v) is 4.12. The van der Waals surface area contributed by atoms with Crippen molar-refractivity contribution in [3.63, 3.8) is 0 Å². The summed E-state index contributed by atoms with van der Waals surface area (Å²) in [6, 6.07) is 0. The van der Waals surface area contributed by atoms with Gasteiger partial charge in [0.15, 0.2) is 23.2 Å². The Morgan fingerprint density at radius 3 is 2.76 bits per heavy atom. The zero-order valence-corrected chi connectivity index (χ0v) is 13.6. The highest BCUT2D eigenvalue weighted by Gasteiger charge is 2.44. The van der Waals surface area contributed by atoms with Crippen molar-refractivity contribution in [3.05, 3.63) is 24.3 Å². The lowest BCUT2D eigenvalue weighted by atomic mass is 10.1.